The van der Waals surface area contributed by atoms with E-state index in [4.69, 9.17) is 4.74 Å². The Morgan fingerprint density at radius 2 is 2.17 bits per heavy atom. The monoisotopic (exact) mass is 329 g/mol. The molecule has 1 saturated heterocycles. The molecule has 6 nitrogen and oxygen atoms in total. The van der Waals surface area contributed by atoms with E-state index in [0.29, 0.717) is 18.0 Å². The van der Waals surface area contributed by atoms with Crippen molar-refractivity contribution in [2.75, 3.05) is 20.2 Å². The lowest BCUT2D eigenvalue weighted by atomic mass is 9.94. The molecule has 130 valence electrons. The van der Waals surface area contributed by atoms with E-state index in [2.05, 4.69) is 53.4 Å². The molecule has 1 aromatic heterocycles. The molecular formula is C18H27N5O. The van der Waals surface area contributed by atoms with E-state index in [1.54, 1.807) is 7.11 Å². The molecular weight excluding hydrogens is 302 g/mol. The normalized spacial score (nSPS) is 21.8. The molecule has 0 saturated carbocycles. The van der Waals surface area contributed by atoms with Crippen molar-refractivity contribution in [3.63, 3.8) is 0 Å². The van der Waals surface area contributed by atoms with E-state index in [0.717, 1.165) is 25.4 Å². The summed E-state index contributed by atoms with van der Waals surface area (Å²) in [7, 11) is 1.69. The maximum atomic E-state index is 5.24. The van der Waals surface area contributed by atoms with Crippen molar-refractivity contribution in [1.29, 1.82) is 0 Å². The zero-order chi connectivity index (χ0) is 16.9. The van der Waals surface area contributed by atoms with E-state index >= 15 is 0 Å². The van der Waals surface area contributed by atoms with Gasteiger partial charge in [-0.3, -0.25) is 10.1 Å². The summed E-state index contributed by atoms with van der Waals surface area (Å²) in [6.07, 6.45) is 3.98. The molecule has 3 atom stereocenters. The standard InChI is InChI=1S/C18H27N5O/c1-13-8-21-23(11-13)12-14(2)19-9-16-10-20-22-18(16)15-4-6-17(24-3)7-5-15/h4-8,11,14,16,18-20,22H,9-10,12H2,1-3H3. The van der Waals surface area contributed by atoms with Crippen molar-refractivity contribution in [3.8, 4) is 5.75 Å². The van der Waals surface area contributed by atoms with Gasteiger partial charge in [-0.1, -0.05) is 12.1 Å². The first-order valence-electron chi connectivity index (χ1n) is 8.50. The number of aryl methyl sites for hydroxylation is 1. The third-order valence-corrected chi connectivity index (χ3v) is 4.52. The first-order chi connectivity index (χ1) is 11.7. The zero-order valence-corrected chi connectivity index (χ0v) is 14.6. The van der Waals surface area contributed by atoms with E-state index in [-0.39, 0.29) is 0 Å². The number of aromatic nitrogens is 2. The zero-order valence-electron chi connectivity index (χ0n) is 14.6. The van der Waals surface area contributed by atoms with Crippen LogP contribution in [0.3, 0.4) is 0 Å². The fourth-order valence-electron chi connectivity index (χ4n) is 3.16. The van der Waals surface area contributed by atoms with Crippen molar-refractivity contribution >= 4 is 0 Å². The molecule has 0 bridgehead atoms. The van der Waals surface area contributed by atoms with E-state index in [1.165, 1.54) is 11.1 Å². The molecule has 3 N–H and O–H groups in total. The quantitative estimate of drug-likeness (QED) is 0.721. The Labute approximate surface area is 143 Å². The largest absolute Gasteiger partial charge is 0.497 e. The number of nitrogens with one attached hydrogen (secondary N) is 3. The van der Waals surface area contributed by atoms with Crippen LogP contribution in [-0.2, 0) is 6.54 Å². The van der Waals surface area contributed by atoms with Gasteiger partial charge in [0.2, 0.25) is 0 Å². The molecule has 0 spiro atoms. The van der Waals surface area contributed by atoms with Gasteiger partial charge in [-0.2, -0.15) is 5.10 Å². The third kappa shape index (κ3) is 4.14. The van der Waals surface area contributed by atoms with Crippen LogP contribution >= 0.6 is 0 Å². The minimum atomic E-state index is 0.308. The number of ether oxygens (including phenoxy) is 1. The van der Waals surface area contributed by atoms with Crippen LogP contribution in [0.15, 0.2) is 36.7 Å². The second-order valence-corrected chi connectivity index (χ2v) is 6.59. The van der Waals surface area contributed by atoms with E-state index < -0.39 is 0 Å². The van der Waals surface area contributed by atoms with Crippen LogP contribution in [0.4, 0.5) is 0 Å². The second kappa shape index (κ2) is 7.79. The van der Waals surface area contributed by atoms with Crippen LogP contribution in [0, 0.1) is 12.8 Å². The molecule has 6 heteroatoms. The Hall–Kier alpha value is -1.89. The summed E-state index contributed by atoms with van der Waals surface area (Å²) in [6, 6.07) is 8.98. The number of rotatable bonds is 7. The number of methoxy groups -OCH3 is 1. The topological polar surface area (TPSA) is 63.1 Å². The summed E-state index contributed by atoms with van der Waals surface area (Å²) < 4.78 is 7.24. The summed E-state index contributed by atoms with van der Waals surface area (Å²) in [4.78, 5) is 0. The number of nitrogens with zero attached hydrogens (tertiary/aromatic N) is 2. The lowest BCUT2D eigenvalue weighted by Crippen LogP contribution is -2.36. The van der Waals surface area contributed by atoms with Gasteiger partial charge in [0.1, 0.15) is 5.75 Å². The van der Waals surface area contributed by atoms with Crippen LogP contribution in [0.1, 0.15) is 24.1 Å². The fourth-order valence-corrected chi connectivity index (χ4v) is 3.16. The molecule has 0 amide bonds. The molecule has 2 heterocycles. The minimum Gasteiger partial charge on any atom is -0.497 e. The second-order valence-electron chi connectivity index (χ2n) is 6.59. The third-order valence-electron chi connectivity index (χ3n) is 4.52. The van der Waals surface area contributed by atoms with Crippen LogP contribution in [0.5, 0.6) is 5.75 Å². The highest BCUT2D eigenvalue weighted by Gasteiger charge is 2.28. The van der Waals surface area contributed by atoms with Crippen molar-refractivity contribution < 1.29 is 4.74 Å². The predicted octanol–water partition coefficient (Wildman–Crippen LogP) is 1.64. The summed E-state index contributed by atoms with van der Waals surface area (Å²) in [6.45, 7) is 7.07. The van der Waals surface area contributed by atoms with Crippen molar-refractivity contribution in [1.82, 2.24) is 25.9 Å². The van der Waals surface area contributed by atoms with E-state index in [1.807, 2.05) is 23.0 Å². The summed E-state index contributed by atoms with van der Waals surface area (Å²) in [5.41, 5.74) is 9.16. The minimum absolute atomic E-state index is 0.308. The molecule has 1 fully saturated rings. The lowest BCUT2D eigenvalue weighted by molar-refractivity contribution is 0.385. The number of hydrogen-bond acceptors (Lipinski definition) is 5. The van der Waals surface area contributed by atoms with Gasteiger partial charge in [-0.15, -0.1) is 0 Å². The lowest BCUT2D eigenvalue weighted by Gasteiger charge is -2.22. The average Bonchev–Trinajstić information content (AvgIpc) is 3.22. The molecule has 2 aromatic rings. The van der Waals surface area contributed by atoms with Gasteiger partial charge >= 0.3 is 0 Å². The first kappa shape index (κ1) is 17.0. The van der Waals surface area contributed by atoms with Gasteiger partial charge in [-0.25, -0.2) is 5.43 Å². The van der Waals surface area contributed by atoms with Gasteiger partial charge in [-0.05, 0) is 37.1 Å². The molecule has 0 aliphatic carbocycles. The molecule has 1 aromatic carbocycles. The number of hydrazine groups is 1. The maximum Gasteiger partial charge on any atom is 0.118 e. The van der Waals surface area contributed by atoms with Gasteiger partial charge in [0.25, 0.3) is 0 Å². The van der Waals surface area contributed by atoms with Crippen LogP contribution in [0.25, 0.3) is 0 Å². The SMILES string of the molecule is COc1ccc(C2NNCC2CNC(C)Cn2cc(C)cn2)cc1. The average molecular weight is 329 g/mol. The molecule has 24 heavy (non-hydrogen) atoms. The van der Waals surface area contributed by atoms with Crippen LogP contribution in [-0.4, -0.2) is 36.0 Å². The van der Waals surface area contributed by atoms with Gasteiger partial charge < -0.3 is 10.1 Å². The van der Waals surface area contributed by atoms with Crippen molar-refractivity contribution in [2.24, 2.45) is 5.92 Å². The van der Waals surface area contributed by atoms with Crippen LogP contribution in [0.2, 0.25) is 0 Å². The van der Waals surface area contributed by atoms with Crippen molar-refractivity contribution in [2.45, 2.75) is 32.5 Å². The maximum absolute atomic E-state index is 5.24. The Balaban J connectivity index is 1.53. The van der Waals surface area contributed by atoms with E-state index in [9.17, 15) is 0 Å². The molecule has 1 aliphatic heterocycles. The fraction of sp³-hybridized carbons (Fsp3) is 0.500. The number of hydrogen-bond donors (Lipinski definition) is 3. The molecule has 3 unspecified atom stereocenters. The highest BCUT2D eigenvalue weighted by Crippen LogP contribution is 2.26. The Bertz CT molecular complexity index is 639. The Morgan fingerprint density at radius 1 is 1.38 bits per heavy atom. The van der Waals surface area contributed by atoms with Gasteiger partial charge in [0, 0.05) is 31.2 Å². The van der Waals surface area contributed by atoms with Crippen molar-refractivity contribution in [3.05, 3.63) is 47.8 Å². The molecule has 0 radical (unpaired) electrons. The van der Waals surface area contributed by atoms with Gasteiger partial charge in [0.15, 0.2) is 0 Å². The summed E-state index contributed by atoms with van der Waals surface area (Å²) in [5, 5.41) is 7.99. The predicted molar refractivity (Wildman–Crippen MR) is 94.8 cm³/mol. The van der Waals surface area contributed by atoms with Gasteiger partial charge in [0.05, 0.1) is 25.9 Å². The Kier molecular flexibility index (Phi) is 5.50. The highest BCUT2D eigenvalue weighted by molar-refractivity contribution is 5.30. The highest BCUT2D eigenvalue weighted by atomic mass is 16.5. The Morgan fingerprint density at radius 3 is 2.83 bits per heavy atom. The van der Waals surface area contributed by atoms with Crippen LogP contribution < -0.4 is 20.9 Å². The summed E-state index contributed by atoms with van der Waals surface area (Å²) >= 11 is 0. The smallest absolute Gasteiger partial charge is 0.118 e. The number of benzene rings is 1. The summed E-state index contributed by atoms with van der Waals surface area (Å²) in [5.74, 6) is 1.39. The molecule has 3 rings (SSSR count). The first-order valence-corrected chi connectivity index (χ1v) is 8.50. The molecule has 1 aliphatic rings.